The maximum atomic E-state index is 13.6. The Morgan fingerprint density at radius 1 is 1.17 bits per heavy atom. The van der Waals surface area contributed by atoms with Gasteiger partial charge in [-0.25, -0.2) is 8.78 Å². The number of nitrogen functional groups attached to an aromatic ring is 1. The highest BCUT2D eigenvalue weighted by Gasteiger charge is 2.52. The Kier molecular flexibility index (Phi) is 4.85. The zero-order valence-electron chi connectivity index (χ0n) is 14.2. The van der Waals surface area contributed by atoms with Crippen LogP contribution in [-0.2, 0) is 9.31 Å². The van der Waals surface area contributed by atoms with E-state index >= 15 is 0 Å². The van der Waals surface area contributed by atoms with Crippen LogP contribution in [0, 0.1) is 11.6 Å². The van der Waals surface area contributed by atoms with Gasteiger partial charge in [0.25, 0.3) is 0 Å². The van der Waals surface area contributed by atoms with Gasteiger partial charge in [-0.2, -0.15) is 0 Å². The molecule has 0 aliphatic carbocycles. The van der Waals surface area contributed by atoms with Crippen LogP contribution in [0.25, 0.3) is 6.08 Å². The van der Waals surface area contributed by atoms with Crippen LogP contribution in [-0.4, -0.2) is 31.9 Å². The second-order valence-electron chi connectivity index (χ2n) is 6.74. The normalized spacial score (nSPS) is 20.1. The van der Waals surface area contributed by atoms with Gasteiger partial charge in [-0.15, -0.1) is 0 Å². The second kappa shape index (κ2) is 6.22. The molecule has 126 valence electrons. The van der Waals surface area contributed by atoms with Crippen molar-refractivity contribution in [3.63, 3.8) is 0 Å². The predicted octanol–water partition coefficient (Wildman–Crippen LogP) is 2.78. The number of rotatable bonds is 4. The molecule has 1 aliphatic heterocycles. The largest absolute Gasteiger partial charge is 0.491 e. The van der Waals surface area contributed by atoms with Crippen molar-refractivity contribution in [2.75, 3.05) is 19.3 Å². The van der Waals surface area contributed by atoms with Crippen LogP contribution in [0.2, 0.25) is 0 Å². The van der Waals surface area contributed by atoms with Gasteiger partial charge in [0.2, 0.25) is 0 Å². The molecule has 0 unspecified atom stereocenters. The standard InChI is InChI=1S/C16H23BF2N2O2/c1-15(2)16(3,4)23-17(22-15)11(9-21-5)6-10-7-12(18)14(20)13(19)8-10/h6-8,21H,9,20H2,1-5H3. The summed E-state index contributed by atoms with van der Waals surface area (Å²) in [5.41, 5.74) is 4.97. The fraction of sp³-hybridized carbons (Fsp3) is 0.500. The summed E-state index contributed by atoms with van der Waals surface area (Å²) in [6.07, 6.45) is 1.66. The first-order chi connectivity index (χ1) is 10.6. The molecular formula is C16H23BF2N2O2. The molecule has 0 aromatic heterocycles. The van der Waals surface area contributed by atoms with Gasteiger partial charge in [0.05, 0.1) is 11.2 Å². The predicted molar refractivity (Wildman–Crippen MR) is 88.8 cm³/mol. The quantitative estimate of drug-likeness (QED) is 0.660. The van der Waals surface area contributed by atoms with Crippen molar-refractivity contribution in [3.8, 4) is 0 Å². The third-order valence-electron chi connectivity index (χ3n) is 4.39. The maximum absolute atomic E-state index is 13.6. The first-order valence-corrected chi connectivity index (χ1v) is 7.52. The van der Waals surface area contributed by atoms with Gasteiger partial charge in [0.15, 0.2) is 0 Å². The molecule has 3 N–H and O–H groups in total. The van der Waals surface area contributed by atoms with E-state index in [1.54, 1.807) is 13.1 Å². The number of likely N-dealkylation sites (N-methyl/N-ethyl adjacent to an activating group) is 1. The lowest BCUT2D eigenvalue weighted by molar-refractivity contribution is 0.00578. The smallest absolute Gasteiger partial charge is 0.400 e. The summed E-state index contributed by atoms with van der Waals surface area (Å²) in [7, 11) is 1.19. The number of hydrogen-bond acceptors (Lipinski definition) is 4. The maximum Gasteiger partial charge on any atom is 0.491 e. The Bertz CT molecular complexity index is 594. The van der Waals surface area contributed by atoms with E-state index in [1.807, 2.05) is 27.7 Å². The van der Waals surface area contributed by atoms with E-state index in [1.165, 1.54) is 12.1 Å². The highest BCUT2D eigenvalue weighted by molar-refractivity contribution is 6.55. The third kappa shape index (κ3) is 3.57. The Morgan fingerprint density at radius 2 is 1.65 bits per heavy atom. The summed E-state index contributed by atoms with van der Waals surface area (Å²) in [5, 5.41) is 3.02. The molecule has 23 heavy (non-hydrogen) atoms. The Labute approximate surface area is 136 Å². The van der Waals surface area contributed by atoms with Gasteiger partial charge in [-0.3, -0.25) is 0 Å². The summed E-state index contributed by atoms with van der Waals surface area (Å²) in [5.74, 6) is -1.57. The van der Waals surface area contributed by atoms with Crippen LogP contribution in [0.4, 0.5) is 14.5 Å². The number of nitrogens with one attached hydrogen (secondary N) is 1. The van der Waals surface area contributed by atoms with Gasteiger partial charge in [0.1, 0.15) is 17.3 Å². The lowest BCUT2D eigenvalue weighted by Gasteiger charge is -2.32. The molecule has 1 heterocycles. The van der Waals surface area contributed by atoms with Gasteiger partial charge < -0.3 is 20.4 Å². The van der Waals surface area contributed by atoms with E-state index in [9.17, 15) is 8.78 Å². The second-order valence-corrected chi connectivity index (χ2v) is 6.74. The lowest BCUT2D eigenvalue weighted by Crippen LogP contribution is -2.41. The molecule has 0 amide bonds. The molecule has 1 aromatic rings. The molecule has 1 fully saturated rings. The summed E-state index contributed by atoms with van der Waals surface area (Å²) >= 11 is 0. The summed E-state index contributed by atoms with van der Waals surface area (Å²) in [6.45, 7) is 8.27. The molecule has 1 aromatic carbocycles. The molecule has 0 saturated carbocycles. The Hall–Kier alpha value is -1.44. The minimum atomic E-state index is -0.783. The SMILES string of the molecule is CNCC(=Cc1cc(F)c(N)c(F)c1)B1OC(C)(C)C(C)(C)O1. The van der Waals surface area contributed by atoms with Crippen LogP contribution in [0.1, 0.15) is 33.3 Å². The molecule has 7 heteroatoms. The first-order valence-electron chi connectivity index (χ1n) is 7.52. The molecule has 1 aliphatic rings. The van der Waals surface area contributed by atoms with E-state index in [4.69, 9.17) is 15.0 Å². The van der Waals surface area contributed by atoms with Crippen LogP contribution in [0.5, 0.6) is 0 Å². The lowest BCUT2D eigenvalue weighted by atomic mass is 9.77. The number of nitrogens with two attached hydrogens (primary N) is 1. The molecular weight excluding hydrogens is 301 g/mol. The van der Waals surface area contributed by atoms with Gasteiger partial charge in [-0.1, -0.05) is 6.08 Å². The van der Waals surface area contributed by atoms with Crippen molar-refractivity contribution in [2.24, 2.45) is 0 Å². The monoisotopic (exact) mass is 324 g/mol. The van der Waals surface area contributed by atoms with E-state index in [2.05, 4.69) is 5.32 Å². The van der Waals surface area contributed by atoms with Crippen LogP contribution >= 0.6 is 0 Å². The van der Waals surface area contributed by atoms with Crippen LogP contribution in [0.3, 0.4) is 0 Å². The van der Waals surface area contributed by atoms with Crippen LogP contribution < -0.4 is 11.1 Å². The fourth-order valence-corrected chi connectivity index (χ4v) is 2.30. The van der Waals surface area contributed by atoms with Gasteiger partial charge in [-0.05, 0) is 57.9 Å². The molecule has 0 spiro atoms. The Morgan fingerprint density at radius 3 is 2.09 bits per heavy atom. The molecule has 0 atom stereocenters. The van der Waals surface area contributed by atoms with Crippen molar-refractivity contribution in [3.05, 3.63) is 34.8 Å². The number of hydrogen-bond donors (Lipinski definition) is 2. The summed E-state index contributed by atoms with van der Waals surface area (Å²) in [4.78, 5) is 0. The molecule has 2 rings (SSSR count). The van der Waals surface area contributed by atoms with Crippen molar-refractivity contribution >= 4 is 18.9 Å². The first kappa shape index (κ1) is 17.9. The van der Waals surface area contributed by atoms with Gasteiger partial charge >= 0.3 is 7.12 Å². The van der Waals surface area contributed by atoms with E-state index in [0.717, 1.165) is 5.47 Å². The topological polar surface area (TPSA) is 56.5 Å². The third-order valence-corrected chi connectivity index (χ3v) is 4.39. The molecule has 0 bridgehead atoms. The van der Waals surface area contributed by atoms with Crippen molar-refractivity contribution in [1.82, 2.24) is 5.32 Å². The van der Waals surface area contributed by atoms with Gasteiger partial charge in [0, 0.05) is 6.54 Å². The fourth-order valence-electron chi connectivity index (χ4n) is 2.30. The van der Waals surface area contributed by atoms with Crippen molar-refractivity contribution < 1.29 is 18.1 Å². The van der Waals surface area contributed by atoms with Crippen molar-refractivity contribution in [2.45, 2.75) is 38.9 Å². The highest BCUT2D eigenvalue weighted by Crippen LogP contribution is 2.38. The van der Waals surface area contributed by atoms with E-state index in [-0.39, 0.29) is 0 Å². The zero-order chi connectivity index (χ0) is 17.4. The average molecular weight is 324 g/mol. The summed E-state index contributed by atoms with van der Waals surface area (Å²) in [6, 6.07) is 2.39. The van der Waals surface area contributed by atoms with Crippen LogP contribution in [0.15, 0.2) is 17.6 Å². The Balaban J connectivity index is 2.36. The van der Waals surface area contributed by atoms with Crippen molar-refractivity contribution in [1.29, 1.82) is 0 Å². The van der Waals surface area contributed by atoms with E-state index in [0.29, 0.717) is 12.1 Å². The molecule has 4 nitrogen and oxygen atoms in total. The average Bonchev–Trinajstić information content (AvgIpc) is 2.64. The minimum Gasteiger partial charge on any atom is -0.400 e. The zero-order valence-corrected chi connectivity index (χ0v) is 14.2. The summed E-state index contributed by atoms with van der Waals surface area (Å²) < 4.78 is 39.2. The number of halogens is 2. The minimum absolute atomic E-state index is 0.370. The molecule has 0 radical (unpaired) electrons. The molecule has 1 saturated heterocycles. The highest BCUT2D eigenvalue weighted by atomic mass is 19.1. The van der Waals surface area contributed by atoms with E-state index < -0.39 is 35.6 Å². The number of benzene rings is 1. The number of anilines is 1.